The highest BCUT2D eigenvalue weighted by Gasteiger charge is 2.24. The van der Waals surface area contributed by atoms with Crippen molar-refractivity contribution in [3.63, 3.8) is 0 Å². The molecule has 0 aliphatic carbocycles. The van der Waals surface area contributed by atoms with Crippen molar-refractivity contribution in [3.8, 4) is 0 Å². The lowest BCUT2D eigenvalue weighted by Gasteiger charge is -2.34. The largest absolute Gasteiger partial charge is 0.348 e. The molecule has 3 heterocycles. The quantitative estimate of drug-likeness (QED) is 0.617. The van der Waals surface area contributed by atoms with Crippen molar-refractivity contribution >= 4 is 22.8 Å². The Morgan fingerprint density at radius 1 is 1.35 bits per heavy atom. The standard InChI is InChI=1S/C15H19N5O2S/c1-2-14-17-12(11-23-14)10-18-6-8-19(9-7-18)15-13(20(21)22)4-3-5-16-15/h3-5,11H,2,6-10H2,1H3. The molecule has 7 nitrogen and oxygen atoms in total. The van der Waals surface area contributed by atoms with Crippen molar-refractivity contribution in [2.24, 2.45) is 0 Å². The molecule has 2 aromatic rings. The molecule has 122 valence electrons. The monoisotopic (exact) mass is 333 g/mol. The third-order valence-corrected chi connectivity index (χ3v) is 4.96. The smallest absolute Gasteiger partial charge is 0.311 e. The van der Waals surface area contributed by atoms with Crippen LogP contribution in [0.5, 0.6) is 0 Å². The van der Waals surface area contributed by atoms with Crippen LogP contribution in [0.1, 0.15) is 17.6 Å². The van der Waals surface area contributed by atoms with Crippen molar-refractivity contribution in [1.82, 2.24) is 14.9 Å². The van der Waals surface area contributed by atoms with Crippen LogP contribution in [0.4, 0.5) is 11.5 Å². The highest BCUT2D eigenvalue weighted by atomic mass is 32.1. The molecule has 0 spiro atoms. The molecule has 0 aromatic carbocycles. The first-order valence-electron chi connectivity index (χ1n) is 7.67. The van der Waals surface area contributed by atoms with Gasteiger partial charge in [-0.05, 0) is 12.5 Å². The molecule has 1 aliphatic heterocycles. The number of nitro groups is 1. The number of hydrogen-bond donors (Lipinski definition) is 0. The Morgan fingerprint density at radius 3 is 2.78 bits per heavy atom. The summed E-state index contributed by atoms with van der Waals surface area (Å²) in [7, 11) is 0. The fourth-order valence-electron chi connectivity index (χ4n) is 2.71. The third-order valence-electron chi connectivity index (χ3n) is 3.92. The van der Waals surface area contributed by atoms with Gasteiger partial charge in [-0.3, -0.25) is 15.0 Å². The van der Waals surface area contributed by atoms with Gasteiger partial charge in [0.2, 0.25) is 5.82 Å². The van der Waals surface area contributed by atoms with E-state index in [2.05, 4.69) is 27.2 Å². The van der Waals surface area contributed by atoms with Crippen LogP contribution in [0, 0.1) is 10.1 Å². The number of nitrogens with zero attached hydrogens (tertiary/aromatic N) is 5. The second-order valence-corrected chi connectivity index (χ2v) is 6.40. The Kier molecular flexibility index (Phi) is 4.82. The van der Waals surface area contributed by atoms with Gasteiger partial charge in [0.25, 0.3) is 0 Å². The molecule has 0 N–H and O–H groups in total. The lowest BCUT2D eigenvalue weighted by atomic mass is 10.2. The lowest BCUT2D eigenvalue weighted by molar-refractivity contribution is -0.384. The normalized spacial score (nSPS) is 15.8. The molecule has 1 aliphatic rings. The minimum Gasteiger partial charge on any atom is -0.348 e. The van der Waals surface area contributed by atoms with Crippen LogP contribution in [0.25, 0.3) is 0 Å². The topological polar surface area (TPSA) is 75.4 Å². The van der Waals surface area contributed by atoms with E-state index >= 15 is 0 Å². The van der Waals surface area contributed by atoms with Crippen LogP contribution in [0.2, 0.25) is 0 Å². The molecule has 0 amide bonds. The van der Waals surface area contributed by atoms with E-state index in [1.807, 2.05) is 4.90 Å². The van der Waals surface area contributed by atoms with E-state index in [0.29, 0.717) is 5.82 Å². The van der Waals surface area contributed by atoms with E-state index in [9.17, 15) is 10.1 Å². The predicted octanol–water partition coefficient (Wildman–Crippen LogP) is 2.33. The minimum absolute atomic E-state index is 0.0769. The van der Waals surface area contributed by atoms with Gasteiger partial charge in [-0.15, -0.1) is 11.3 Å². The van der Waals surface area contributed by atoms with Gasteiger partial charge in [0, 0.05) is 50.4 Å². The second kappa shape index (κ2) is 7.01. The zero-order valence-electron chi connectivity index (χ0n) is 13.0. The van der Waals surface area contributed by atoms with Crippen molar-refractivity contribution in [1.29, 1.82) is 0 Å². The van der Waals surface area contributed by atoms with E-state index in [1.165, 1.54) is 11.1 Å². The number of anilines is 1. The lowest BCUT2D eigenvalue weighted by Crippen LogP contribution is -2.46. The van der Waals surface area contributed by atoms with Gasteiger partial charge in [0.05, 0.1) is 15.6 Å². The van der Waals surface area contributed by atoms with E-state index in [-0.39, 0.29) is 10.6 Å². The molecule has 0 bridgehead atoms. The molecule has 23 heavy (non-hydrogen) atoms. The number of piperazine rings is 1. The summed E-state index contributed by atoms with van der Waals surface area (Å²) in [6.07, 6.45) is 2.58. The van der Waals surface area contributed by atoms with Gasteiger partial charge in [0.1, 0.15) is 0 Å². The van der Waals surface area contributed by atoms with Crippen molar-refractivity contribution in [2.75, 3.05) is 31.1 Å². The highest BCUT2D eigenvalue weighted by molar-refractivity contribution is 7.09. The second-order valence-electron chi connectivity index (χ2n) is 5.45. The van der Waals surface area contributed by atoms with Crippen LogP contribution >= 0.6 is 11.3 Å². The van der Waals surface area contributed by atoms with Gasteiger partial charge in [-0.25, -0.2) is 9.97 Å². The minimum atomic E-state index is -0.365. The zero-order chi connectivity index (χ0) is 16.2. The van der Waals surface area contributed by atoms with E-state index < -0.39 is 0 Å². The average molecular weight is 333 g/mol. The van der Waals surface area contributed by atoms with Crippen molar-refractivity contribution < 1.29 is 4.92 Å². The number of aryl methyl sites for hydroxylation is 1. The van der Waals surface area contributed by atoms with Gasteiger partial charge in [-0.1, -0.05) is 6.92 Å². The van der Waals surface area contributed by atoms with E-state index in [4.69, 9.17) is 0 Å². The van der Waals surface area contributed by atoms with Gasteiger partial charge >= 0.3 is 5.69 Å². The maximum atomic E-state index is 11.1. The summed E-state index contributed by atoms with van der Waals surface area (Å²) in [5.74, 6) is 0.471. The van der Waals surface area contributed by atoms with Crippen LogP contribution in [0.3, 0.4) is 0 Å². The fraction of sp³-hybridized carbons (Fsp3) is 0.467. The molecule has 0 atom stereocenters. The Labute approximate surface area is 138 Å². The molecule has 0 saturated carbocycles. The molecule has 0 unspecified atom stereocenters. The molecular weight excluding hydrogens is 314 g/mol. The summed E-state index contributed by atoms with van der Waals surface area (Å²) < 4.78 is 0. The summed E-state index contributed by atoms with van der Waals surface area (Å²) in [6.45, 7) is 6.14. The van der Waals surface area contributed by atoms with Crippen molar-refractivity contribution in [2.45, 2.75) is 19.9 Å². The number of hydrogen-bond acceptors (Lipinski definition) is 7. The average Bonchev–Trinajstić information content (AvgIpc) is 3.03. The molecule has 3 rings (SSSR count). The first-order valence-corrected chi connectivity index (χ1v) is 8.55. The molecule has 1 fully saturated rings. The third kappa shape index (κ3) is 3.65. The zero-order valence-corrected chi connectivity index (χ0v) is 13.8. The Hall–Kier alpha value is -2.06. The van der Waals surface area contributed by atoms with Gasteiger partial charge in [-0.2, -0.15) is 0 Å². The number of aromatic nitrogens is 2. The van der Waals surface area contributed by atoms with Crippen molar-refractivity contribution in [3.05, 3.63) is 44.5 Å². The Bertz CT molecular complexity index is 682. The molecule has 1 saturated heterocycles. The van der Waals surface area contributed by atoms with Crippen LogP contribution in [0.15, 0.2) is 23.7 Å². The SMILES string of the molecule is CCc1nc(CN2CCN(c3ncccc3[N+](=O)[O-])CC2)cs1. The number of thiazole rings is 1. The van der Waals surface area contributed by atoms with Crippen LogP contribution in [-0.2, 0) is 13.0 Å². The fourth-order valence-corrected chi connectivity index (χ4v) is 3.44. The number of pyridine rings is 1. The van der Waals surface area contributed by atoms with Gasteiger partial charge in [0.15, 0.2) is 0 Å². The molecule has 8 heteroatoms. The summed E-state index contributed by atoms with van der Waals surface area (Å²) in [5, 5.41) is 14.4. The van der Waals surface area contributed by atoms with Gasteiger partial charge < -0.3 is 4.90 Å². The van der Waals surface area contributed by atoms with E-state index in [0.717, 1.165) is 44.8 Å². The van der Waals surface area contributed by atoms with E-state index in [1.54, 1.807) is 23.6 Å². The summed E-state index contributed by atoms with van der Waals surface area (Å²) in [4.78, 5) is 23.9. The summed E-state index contributed by atoms with van der Waals surface area (Å²) in [5.41, 5.74) is 1.19. The highest BCUT2D eigenvalue weighted by Crippen LogP contribution is 2.26. The first-order chi connectivity index (χ1) is 11.2. The number of rotatable bonds is 5. The maximum absolute atomic E-state index is 11.1. The molecular formula is C15H19N5O2S. The molecule has 2 aromatic heterocycles. The summed E-state index contributed by atoms with van der Waals surface area (Å²) in [6, 6.07) is 3.11. The Balaban J connectivity index is 1.61. The first kappa shape index (κ1) is 15.8. The maximum Gasteiger partial charge on any atom is 0.311 e. The molecule has 0 radical (unpaired) electrons. The van der Waals surface area contributed by atoms with Crippen LogP contribution in [-0.4, -0.2) is 46.0 Å². The predicted molar refractivity (Wildman–Crippen MR) is 89.9 cm³/mol. The summed E-state index contributed by atoms with van der Waals surface area (Å²) >= 11 is 1.71. The Morgan fingerprint density at radius 2 is 2.13 bits per heavy atom. The van der Waals surface area contributed by atoms with Crippen LogP contribution < -0.4 is 4.90 Å².